The molecule has 1 aliphatic rings. The van der Waals surface area contributed by atoms with Gasteiger partial charge in [-0.15, -0.1) is 11.8 Å². The fourth-order valence-corrected chi connectivity index (χ4v) is 3.50. The van der Waals surface area contributed by atoms with E-state index in [-0.39, 0.29) is 12.3 Å². The van der Waals surface area contributed by atoms with Crippen LogP contribution in [0.15, 0.2) is 35.0 Å². The van der Waals surface area contributed by atoms with Crippen LogP contribution in [-0.4, -0.2) is 48.8 Å². The van der Waals surface area contributed by atoms with Crippen molar-refractivity contribution in [3.63, 3.8) is 0 Å². The maximum Gasteiger partial charge on any atom is 0.0695 e. The van der Waals surface area contributed by atoms with Crippen molar-refractivity contribution in [1.82, 2.24) is 10.2 Å². The van der Waals surface area contributed by atoms with Crippen molar-refractivity contribution in [2.45, 2.75) is 32.2 Å². The number of aliphatic hydroxyl groups is 1. The molecule has 120 valence electrons. The van der Waals surface area contributed by atoms with Crippen LogP contribution in [0, 0.1) is 0 Å². The lowest BCUT2D eigenvalue weighted by molar-refractivity contribution is 0.182. The van der Waals surface area contributed by atoms with Crippen LogP contribution in [0.5, 0.6) is 0 Å². The average molecular weight is 319 g/mol. The zero-order chi connectivity index (χ0) is 16.1. The number of hydrogen-bond donors (Lipinski definition) is 2. The highest BCUT2D eigenvalue weighted by atomic mass is 32.2. The molecule has 0 aromatic heterocycles. The first-order chi connectivity index (χ1) is 10.5. The van der Waals surface area contributed by atoms with Crippen molar-refractivity contribution in [1.29, 1.82) is 0 Å². The van der Waals surface area contributed by atoms with E-state index in [2.05, 4.69) is 52.4 Å². The molecule has 2 atom stereocenters. The monoisotopic (exact) mass is 319 g/mol. The average Bonchev–Trinajstić information content (AvgIpc) is 2.84. The lowest BCUT2D eigenvalue weighted by Crippen LogP contribution is -2.38. The van der Waals surface area contributed by atoms with Gasteiger partial charge in [-0.1, -0.05) is 24.3 Å². The van der Waals surface area contributed by atoms with E-state index in [1.54, 1.807) is 11.8 Å². The summed E-state index contributed by atoms with van der Waals surface area (Å²) in [6.45, 7) is 7.13. The van der Waals surface area contributed by atoms with Gasteiger partial charge in [0.05, 0.1) is 18.0 Å². The summed E-state index contributed by atoms with van der Waals surface area (Å²) in [5.74, 6) is 0. The summed E-state index contributed by atoms with van der Waals surface area (Å²) in [5.41, 5.74) is 3.37. The zero-order valence-electron chi connectivity index (χ0n) is 13.5. The second-order valence-corrected chi connectivity index (χ2v) is 6.52. The van der Waals surface area contributed by atoms with Crippen molar-refractivity contribution >= 4 is 23.4 Å². The maximum atomic E-state index is 9.66. The van der Waals surface area contributed by atoms with E-state index < -0.39 is 0 Å². The molecule has 1 aliphatic heterocycles. The molecule has 1 saturated heterocycles. The number of β-amino-alcohol motifs (C(OH)–C–C–N with tert-alkyl or cyclic N) is 1. The third kappa shape index (κ3) is 4.20. The van der Waals surface area contributed by atoms with Gasteiger partial charge in [-0.25, -0.2) is 0 Å². The normalized spacial score (nSPS) is 23.5. The predicted molar refractivity (Wildman–Crippen MR) is 96.0 cm³/mol. The topological polar surface area (TPSA) is 47.9 Å². The first-order valence-corrected chi connectivity index (χ1v) is 8.70. The highest BCUT2D eigenvalue weighted by molar-refractivity contribution is 8.07. The van der Waals surface area contributed by atoms with Gasteiger partial charge in [0.15, 0.2) is 0 Å². The van der Waals surface area contributed by atoms with Gasteiger partial charge in [-0.2, -0.15) is 0 Å². The molecule has 0 aliphatic carbocycles. The predicted octanol–water partition coefficient (Wildman–Crippen LogP) is 2.55. The molecule has 0 amide bonds. The Hall–Kier alpha value is -1.14. The number of rotatable bonds is 6. The standard InChI is InChI=1S/C17H25N3OS/c1-12(18-2)17(22-4)14-7-5-13(6-8-14)10-19-16-9-15(21)11-20(16)3/h5-8,15-16,19,21H,2,9-11H2,1,3-4H3/b17-12-. The molecule has 1 heterocycles. The minimum atomic E-state index is -0.214. The SMILES string of the molecule is C=N/C(C)=C(\SC)c1ccc(CNC2CC(O)CN2C)cc1. The number of aliphatic imine (C=N–C) groups is 1. The number of thioether (sulfide) groups is 1. The van der Waals surface area contributed by atoms with Crippen molar-refractivity contribution in [2.75, 3.05) is 19.8 Å². The number of nitrogens with one attached hydrogen (secondary N) is 1. The first kappa shape index (κ1) is 17.2. The van der Waals surface area contributed by atoms with Crippen LogP contribution in [0.3, 0.4) is 0 Å². The lowest BCUT2D eigenvalue weighted by Gasteiger charge is -2.20. The summed E-state index contributed by atoms with van der Waals surface area (Å²) >= 11 is 1.69. The first-order valence-electron chi connectivity index (χ1n) is 7.47. The molecule has 22 heavy (non-hydrogen) atoms. The molecule has 5 heteroatoms. The molecule has 2 rings (SSSR count). The van der Waals surface area contributed by atoms with E-state index in [1.807, 2.05) is 14.0 Å². The summed E-state index contributed by atoms with van der Waals surface area (Å²) < 4.78 is 0. The number of benzene rings is 1. The summed E-state index contributed by atoms with van der Waals surface area (Å²) in [7, 11) is 2.04. The Morgan fingerprint density at radius 1 is 1.45 bits per heavy atom. The fourth-order valence-electron chi connectivity index (χ4n) is 2.77. The van der Waals surface area contributed by atoms with E-state index >= 15 is 0 Å². The van der Waals surface area contributed by atoms with Gasteiger partial charge in [-0.05, 0) is 38.1 Å². The molecular weight excluding hydrogens is 294 g/mol. The van der Waals surface area contributed by atoms with E-state index in [0.29, 0.717) is 0 Å². The Morgan fingerprint density at radius 3 is 2.64 bits per heavy atom. The van der Waals surface area contributed by atoms with Gasteiger partial charge >= 0.3 is 0 Å². The molecule has 1 aromatic carbocycles. The van der Waals surface area contributed by atoms with Crippen LogP contribution in [0.4, 0.5) is 0 Å². The second-order valence-electron chi connectivity index (χ2n) is 5.70. The Kier molecular flexibility index (Phi) is 6.20. The summed E-state index contributed by atoms with van der Waals surface area (Å²) in [6.07, 6.45) is 2.89. The number of likely N-dealkylation sites (N-methyl/N-ethyl adjacent to an activating group) is 1. The Bertz CT molecular complexity index is 541. The Balaban J connectivity index is 1.99. The van der Waals surface area contributed by atoms with Crippen molar-refractivity contribution in [3.05, 3.63) is 41.1 Å². The molecule has 0 radical (unpaired) electrons. The van der Waals surface area contributed by atoms with E-state index in [9.17, 15) is 5.11 Å². The molecule has 0 saturated carbocycles. The van der Waals surface area contributed by atoms with Crippen LogP contribution < -0.4 is 5.32 Å². The minimum absolute atomic E-state index is 0.214. The fraction of sp³-hybridized carbons (Fsp3) is 0.471. The molecule has 1 fully saturated rings. The molecule has 0 bridgehead atoms. The van der Waals surface area contributed by atoms with Crippen LogP contribution >= 0.6 is 11.8 Å². The molecule has 2 N–H and O–H groups in total. The third-order valence-electron chi connectivity index (χ3n) is 4.05. The third-order valence-corrected chi connectivity index (χ3v) is 4.99. The van der Waals surface area contributed by atoms with E-state index in [4.69, 9.17) is 0 Å². The zero-order valence-corrected chi connectivity index (χ0v) is 14.4. The van der Waals surface area contributed by atoms with Gasteiger partial charge in [-0.3, -0.25) is 15.2 Å². The molecule has 0 spiro atoms. The van der Waals surface area contributed by atoms with Crippen molar-refractivity contribution < 1.29 is 5.11 Å². The Morgan fingerprint density at radius 2 is 2.14 bits per heavy atom. The molecular formula is C17H25N3OS. The van der Waals surface area contributed by atoms with Crippen LogP contribution in [-0.2, 0) is 6.54 Å². The number of nitrogens with zero attached hydrogens (tertiary/aromatic N) is 2. The van der Waals surface area contributed by atoms with Crippen molar-refractivity contribution in [2.24, 2.45) is 4.99 Å². The largest absolute Gasteiger partial charge is 0.392 e. The second kappa shape index (κ2) is 7.92. The maximum absolute atomic E-state index is 9.66. The van der Waals surface area contributed by atoms with Crippen molar-refractivity contribution in [3.8, 4) is 0 Å². The van der Waals surface area contributed by atoms with Gasteiger partial charge in [0.2, 0.25) is 0 Å². The highest BCUT2D eigenvalue weighted by Gasteiger charge is 2.27. The quantitative estimate of drug-likeness (QED) is 0.791. The smallest absolute Gasteiger partial charge is 0.0695 e. The van der Waals surface area contributed by atoms with Gasteiger partial charge in [0.25, 0.3) is 0 Å². The van der Waals surface area contributed by atoms with E-state index in [0.717, 1.165) is 30.1 Å². The Labute approximate surface area is 137 Å². The molecule has 1 aromatic rings. The number of hydrogen-bond acceptors (Lipinski definition) is 5. The highest BCUT2D eigenvalue weighted by Crippen LogP contribution is 2.29. The van der Waals surface area contributed by atoms with Gasteiger partial charge in [0, 0.05) is 24.4 Å². The minimum Gasteiger partial charge on any atom is -0.392 e. The van der Waals surface area contributed by atoms with Gasteiger partial charge in [0.1, 0.15) is 0 Å². The number of likely N-dealkylation sites (tertiary alicyclic amines) is 1. The summed E-state index contributed by atoms with van der Waals surface area (Å²) in [5, 5.41) is 13.2. The number of allylic oxidation sites excluding steroid dienone is 1. The van der Waals surface area contributed by atoms with Crippen LogP contribution in [0.1, 0.15) is 24.5 Å². The van der Waals surface area contributed by atoms with Crippen LogP contribution in [0.25, 0.3) is 4.91 Å². The van der Waals surface area contributed by atoms with Gasteiger partial charge < -0.3 is 5.11 Å². The summed E-state index contributed by atoms with van der Waals surface area (Å²) in [4.78, 5) is 7.35. The summed E-state index contributed by atoms with van der Waals surface area (Å²) in [6, 6.07) is 8.54. The number of aliphatic hydroxyl groups excluding tert-OH is 1. The molecule has 2 unspecified atom stereocenters. The van der Waals surface area contributed by atoms with E-state index in [1.165, 1.54) is 11.1 Å². The molecule has 4 nitrogen and oxygen atoms in total. The lowest BCUT2D eigenvalue weighted by atomic mass is 10.1. The van der Waals surface area contributed by atoms with Crippen LogP contribution in [0.2, 0.25) is 0 Å².